The Morgan fingerprint density at radius 1 is 1.32 bits per heavy atom. The van der Waals surface area contributed by atoms with Crippen LogP contribution < -0.4 is 10.6 Å². The fourth-order valence-electron chi connectivity index (χ4n) is 1.88. The molecule has 0 radical (unpaired) electrons. The van der Waals surface area contributed by atoms with Gasteiger partial charge >= 0.3 is 5.97 Å². The lowest BCUT2D eigenvalue weighted by Gasteiger charge is -2.17. The number of hydrogen-bond acceptors (Lipinski definition) is 3. The molecule has 19 heavy (non-hydrogen) atoms. The third-order valence-corrected chi connectivity index (χ3v) is 3.35. The first-order chi connectivity index (χ1) is 8.82. The Kier molecular flexibility index (Phi) is 5.32. The number of hydrogen-bond donors (Lipinski definition) is 3. The lowest BCUT2D eigenvalue weighted by Crippen LogP contribution is -2.45. The van der Waals surface area contributed by atoms with E-state index in [0.29, 0.717) is 5.92 Å². The second-order valence-electron chi connectivity index (χ2n) is 5.49. The summed E-state index contributed by atoms with van der Waals surface area (Å²) in [7, 11) is 0. The second kappa shape index (κ2) is 6.54. The Morgan fingerprint density at radius 3 is 2.32 bits per heavy atom. The van der Waals surface area contributed by atoms with Crippen molar-refractivity contribution in [3.05, 3.63) is 0 Å². The number of carboxylic acid groups (broad SMARTS) is 1. The van der Waals surface area contributed by atoms with Gasteiger partial charge < -0.3 is 15.7 Å². The first-order valence-corrected chi connectivity index (χ1v) is 6.62. The number of carbonyl (C=O) groups is 3. The topological polar surface area (TPSA) is 95.5 Å². The minimum Gasteiger partial charge on any atom is -0.480 e. The standard InChI is InChI=1S/C13H22N2O4/c1-7(2)11(13(18)19)15-10(16)4-5-14-12(17)9-6-8(9)3/h7-9,11H,4-6H2,1-3H3,(H,14,17)(H,15,16)(H,18,19). The lowest BCUT2D eigenvalue weighted by molar-refractivity contribution is -0.143. The average molecular weight is 270 g/mol. The summed E-state index contributed by atoms with van der Waals surface area (Å²) >= 11 is 0. The fourth-order valence-corrected chi connectivity index (χ4v) is 1.88. The van der Waals surface area contributed by atoms with Crippen LogP contribution in [0.5, 0.6) is 0 Å². The van der Waals surface area contributed by atoms with Gasteiger partial charge in [0, 0.05) is 18.9 Å². The van der Waals surface area contributed by atoms with Gasteiger partial charge in [-0.25, -0.2) is 4.79 Å². The van der Waals surface area contributed by atoms with Gasteiger partial charge in [0.05, 0.1) is 0 Å². The van der Waals surface area contributed by atoms with Crippen molar-refractivity contribution in [3.63, 3.8) is 0 Å². The highest BCUT2D eigenvalue weighted by Gasteiger charge is 2.38. The molecule has 0 bridgehead atoms. The molecule has 6 heteroatoms. The van der Waals surface area contributed by atoms with Crippen molar-refractivity contribution >= 4 is 17.8 Å². The second-order valence-corrected chi connectivity index (χ2v) is 5.49. The maximum Gasteiger partial charge on any atom is 0.326 e. The Morgan fingerprint density at radius 2 is 1.89 bits per heavy atom. The summed E-state index contributed by atoms with van der Waals surface area (Å²) in [6.07, 6.45) is 1.01. The number of rotatable bonds is 7. The van der Waals surface area contributed by atoms with Crippen molar-refractivity contribution in [2.75, 3.05) is 6.54 Å². The summed E-state index contributed by atoms with van der Waals surface area (Å²) < 4.78 is 0. The number of carboxylic acids is 1. The highest BCUT2D eigenvalue weighted by Crippen LogP contribution is 2.37. The molecule has 0 aromatic rings. The quantitative estimate of drug-likeness (QED) is 0.623. The van der Waals surface area contributed by atoms with E-state index in [2.05, 4.69) is 10.6 Å². The maximum absolute atomic E-state index is 11.6. The molecule has 0 heterocycles. The molecule has 1 fully saturated rings. The SMILES string of the molecule is CC(C)C(NC(=O)CCNC(=O)C1CC1C)C(=O)O. The van der Waals surface area contributed by atoms with Gasteiger partial charge in [-0.2, -0.15) is 0 Å². The maximum atomic E-state index is 11.6. The number of nitrogens with one attached hydrogen (secondary N) is 2. The summed E-state index contributed by atoms with van der Waals surface area (Å²) in [5, 5.41) is 14.1. The van der Waals surface area contributed by atoms with Gasteiger partial charge in [-0.05, 0) is 18.3 Å². The zero-order valence-corrected chi connectivity index (χ0v) is 11.6. The molecule has 2 amide bonds. The third kappa shape index (κ3) is 4.89. The molecule has 1 rings (SSSR count). The minimum atomic E-state index is -1.04. The van der Waals surface area contributed by atoms with E-state index in [1.54, 1.807) is 13.8 Å². The van der Waals surface area contributed by atoms with Crippen LogP contribution in [0.3, 0.4) is 0 Å². The normalized spacial score (nSPS) is 22.7. The van der Waals surface area contributed by atoms with Crippen molar-refractivity contribution < 1.29 is 19.5 Å². The predicted molar refractivity (Wildman–Crippen MR) is 69.3 cm³/mol. The summed E-state index contributed by atoms with van der Waals surface area (Å²) in [6, 6.07) is -0.883. The van der Waals surface area contributed by atoms with Crippen molar-refractivity contribution in [2.24, 2.45) is 17.8 Å². The Balaban J connectivity index is 2.23. The van der Waals surface area contributed by atoms with E-state index in [-0.39, 0.29) is 36.6 Å². The molecule has 3 N–H and O–H groups in total. The molecule has 0 spiro atoms. The van der Waals surface area contributed by atoms with E-state index in [0.717, 1.165) is 6.42 Å². The van der Waals surface area contributed by atoms with E-state index in [1.807, 2.05) is 6.92 Å². The zero-order chi connectivity index (χ0) is 14.6. The van der Waals surface area contributed by atoms with Crippen molar-refractivity contribution in [2.45, 2.75) is 39.7 Å². The van der Waals surface area contributed by atoms with Crippen molar-refractivity contribution in [3.8, 4) is 0 Å². The highest BCUT2D eigenvalue weighted by molar-refractivity contribution is 5.85. The first kappa shape index (κ1) is 15.5. The summed E-state index contributed by atoms with van der Waals surface area (Å²) in [4.78, 5) is 34.0. The van der Waals surface area contributed by atoms with E-state index in [4.69, 9.17) is 5.11 Å². The van der Waals surface area contributed by atoms with E-state index in [9.17, 15) is 14.4 Å². The van der Waals surface area contributed by atoms with Crippen molar-refractivity contribution in [1.82, 2.24) is 10.6 Å². The van der Waals surface area contributed by atoms with Gasteiger partial charge in [0.25, 0.3) is 0 Å². The fraction of sp³-hybridized carbons (Fsp3) is 0.769. The van der Waals surface area contributed by atoms with Crippen LogP contribution in [-0.4, -0.2) is 35.5 Å². The van der Waals surface area contributed by atoms with Crippen LogP contribution in [-0.2, 0) is 14.4 Å². The van der Waals surface area contributed by atoms with Crippen molar-refractivity contribution in [1.29, 1.82) is 0 Å². The summed E-state index contributed by atoms with van der Waals surface area (Å²) in [5.41, 5.74) is 0. The van der Waals surface area contributed by atoms with Gasteiger partial charge in [0.15, 0.2) is 0 Å². The number of amides is 2. The molecular weight excluding hydrogens is 248 g/mol. The zero-order valence-electron chi connectivity index (χ0n) is 11.6. The van der Waals surface area contributed by atoms with E-state index >= 15 is 0 Å². The largest absolute Gasteiger partial charge is 0.480 e. The Hall–Kier alpha value is -1.59. The van der Waals surface area contributed by atoms with Gasteiger partial charge in [0.2, 0.25) is 11.8 Å². The summed E-state index contributed by atoms with van der Waals surface area (Å²) in [5.74, 6) is -1.07. The predicted octanol–water partition coefficient (Wildman–Crippen LogP) is 0.374. The molecule has 108 valence electrons. The molecule has 3 unspecified atom stereocenters. The van der Waals surface area contributed by atoms with Crippen LogP contribution in [0.15, 0.2) is 0 Å². The monoisotopic (exact) mass is 270 g/mol. The highest BCUT2D eigenvalue weighted by atomic mass is 16.4. The molecular formula is C13H22N2O4. The molecule has 6 nitrogen and oxygen atoms in total. The molecule has 0 aromatic carbocycles. The Labute approximate surface area is 112 Å². The molecule has 0 aromatic heterocycles. The molecule has 1 saturated carbocycles. The van der Waals surface area contributed by atoms with E-state index < -0.39 is 12.0 Å². The first-order valence-electron chi connectivity index (χ1n) is 6.62. The average Bonchev–Trinajstić information content (AvgIpc) is 3.02. The van der Waals surface area contributed by atoms with Crippen LogP contribution >= 0.6 is 0 Å². The number of aliphatic carboxylic acids is 1. The van der Waals surface area contributed by atoms with Crippen LogP contribution in [0.25, 0.3) is 0 Å². The minimum absolute atomic E-state index is 0.0149. The molecule has 0 saturated heterocycles. The number of carbonyl (C=O) groups excluding carboxylic acids is 2. The van der Waals surface area contributed by atoms with Crippen LogP contribution in [0.4, 0.5) is 0 Å². The Bertz CT molecular complexity index is 368. The van der Waals surface area contributed by atoms with Crippen LogP contribution in [0, 0.1) is 17.8 Å². The molecule has 1 aliphatic carbocycles. The smallest absolute Gasteiger partial charge is 0.326 e. The summed E-state index contributed by atoms with van der Waals surface area (Å²) in [6.45, 7) is 5.72. The lowest BCUT2D eigenvalue weighted by atomic mass is 10.0. The van der Waals surface area contributed by atoms with Gasteiger partial charge in [0.1, 0.15) is 6.04 Å². The molecule has 1 aliphatic rings. The van der Waals surface area contributed by atoms with Crippen LogP contribution in [0.1, 0.15) is 33.6 Å². The third-order valence-electron chi connectivity index (χ3n) is 3.35. The van der Waals surface area contributed by atoms with Crippen LogP contribution in [0.2, 0.25) is 0 Å². The van der Waals surface area contributed by atoms with Gasteiger partial charge in [-0.3, -0.25) is 9.59 Å². The van der Waals surface area contributed by atoms with Gasteiger partial charge in [-0.15, -0.1) is 0 Å². The molecule has 3 atom stereocenters. The van der Waals surface area contributed by atoms with E-state index in [1.165, 1.54) is 0 Å². The molecule has 0 aliphatic heterocycles. The van der Waals surface area contributed by atoms with Gasteiger partial charge in [-0.1, -0.05) is 20.8 Å².